The SMILES string of the molecule is Cc1nc(CN(C)C)nc(CC2CCOc3ccc(-c4ccc5nc(CF)[nH]c5c4)cc3CC2C)c1C(C)C. The summed E-state index contributed by atoms with van der Waals surface area (Å²) in [6.45, 7) is 9.81. The second-order valence-electron chi connectivity index (χ2n) is 11.6. The zero-order valence-electron chi connectivity index (χ0n) is 24.0. The molecule has 1 aliphatic heterocycles. The van der Waals surface area contributed by atoms with Gasteiger partial charge in [-0.15, -0.1) is 0 Å². The number of rotatable bonds is 7. The molecular weight excluding hydrogens is 489 g/mol. The van der Waals surface area contributed by atoms with Crippen LogP contribution in [0.1, 0.15) is 67.3 Å². The summed E-state index contributed by atoms with van der Waals surface area (Å²) < 4.78 is 19.4. The van der Waals surface area contributed by atoms with Gasteiger partial charge in [0.1, 0.15) is 24.1 Å². The molecule has 4 aromatic rings. The third-order valence-electron chi connectivity index (χ3n) is 7.90. The fourth-order valence-corrected chi connectivity index (χ4v) is 6.00. The highest BCUT2D eigenvalue weighted by Gasteiger charge is 2.26. The predicted octanol–water partition coefficient (Wildman–Crippen LogP) is 6.80. The smallest absolute Gasteiger partial charge is 0.147 e. The Labute approximate surface area is 231 Å². The Bertz CT molecular complexity index is 1460. The van der Waals surface area contributed by atoms with Crippen molar-refractivity contribution in [2.75, 3.05) is 20.7 Å². The average Bonchev–Trinajstić information content (AvgIpc) is 3.29. The molecule has 2 aromatic carbocycles. The summed E-state index contributed by atoms with van der Waals surface area (Å²) in [5, 5.41) is 0. The molecule has 5 rings (SSSR count). The summed E-state index contributed by atoms with van der Waals surface area (Å²) in [4.78, 5) is 19.4. The van der Waals surface area contributed by atoms with Crippen LogP contribution in [0.15, 0.2) is 36.4 Å². The van der Waals surface area contributed by atoms with E-state index in [0.717, 1.165) is 65.2 Å². The Hall–Kier alpha value is -3.32. The Morgan fingerprint density at radius 3 is 2.59 bits per heavy atom. The van der Waals surface area contributed by atoms with E-state index in [2.05, 4.69) is 87.0 Å². The molecule has 1 aliphatic rings. The highest BCUT2D eigenvalue weighted by molar-refractivity contribution is 5.82. The molecule has 0 radical (unpaired) electrons. The molecule has 0 spiro atoms. The van der Waals surface area contributed by atoms with E-state index in [0.29, 0.717) is 30.2 Å². The molecule has 39 heavy (non-hydrogen) atoms. The first-order chi connectivity index (χ1) is 18.7. The predicted molar refractivity (Wildman–Crippen MR) is 155 cm³/mol. The number of hydrogen-bond acceptors (Lipinski definition) is 5. The lowest BCUT2D eigenvalue weighted by atomic mass is 9.80. The fourth-order valence-electron chi connectivity index (χ4n) is 6.00. The number of alkyl halides is 1. The second kappa shape index (κ2) is 11.4. The van der Waals surface area contributed by atoms with Crippen molar-refractivity contribution in [3.05, 3.63) is 70.6 Å². The number of fused-ring (bicyclic) bond motifs is 2. The monoisotopic (exact) mass is 529 g/mol. The first-order valence-electron chi connectivity index (χ1n) is 14.0. The molecule has 0 saturated carbocycles. The number of aryl methyl sites for hydroxylation is 1. The number of imidazole rings is 1. The normalized spacial score (nSPS) is 17.8. The number of H-pyrrole nitrogens is 1. The lowest BCUT2D eigenvalue weighted by Gasteiger charge is -2.29. The number of halogens is 1. The van der Waals surface area contributed by atoms with Gasteiger partial charge >= 0.3 is 0 Å². The average molecular weight is 530 g/mol. The number of hydrogen-bond donors (Lipinski definition) is 1. The first-order valence-corrected chi connectivity index (χ1v) is 14.0. The Kier molecular flexibility index (Phi) is 7.98. The zero-order chi connectivity index (χ0) is 27.7. The van der Waals surface area contributed by atoms with Gasteiger partial charge in [0.2, 0.25) is 0 Å². The number of nitrogens with zero attached hydrogens (tertiary/aromatic N) is 4. The molecule has 0 bridgehead atoms. The molecule has 6 nitrogen and oxygen atoms in total. The van der Waals surface area contributed by atoms with E-state index >= 15 is 0 Å². The van der Waals surface area contributed by atoms with E-state index in [-0.39, 0.29) is 0 Å². The summed E-state index contributed by atoms with van der Waals surface area (Å²) in [5.41, 5.74) is 8.67. The number of aromatic amines is 1. The van der Waals surface area contributed by atoms with Crippen LogP contribution in [0.25, 0.3) is 22.2 Å². The van der Waals surface area contributed by atoms with E-state index in [4.69, 9.17) is 14.7 Å². The molecule has 1 N–H and O–H groups in total. The van der Waals surface area contributed by atoms with Crippen molar-refractivity contribution in [2.24, 2.45) is 11.8 Å². The maximum absolute atomic E-state index is 13.1. The molecule has 2 atom stereocenters. The summed E-state index contributed by atoms with van der Waals surface area (Å²) in [7, 11) is 4.12. The van der Waals surface area contributed by atoms with Crippen LogP contribution in [0, 0.1) is 18.8 Å². The highest BCUT2D eigenvalue weighted by Crippen LogP contribution is 2.35. The van der Waals surface area contributed by atoms with E-state index in [9.17, 15) is 4.39 Å². The first kappa shape index (κ1) is 27.3. The van der Waals surface area contributed by atoms with Crippen molar-refractivity contribution in [1.29, 1.82) is 0 Å². The molecule has 7 heteroatoms. The van der Waals surface area contributed by atoms with Gasteiger partial charge in [-0.3, -0.25) is 0 Å². The van der Waals surface area contributed by atoms with Crippen LogP contribution in [0.2, 0.25) is 0 Å². The van der Waals surface area contributed by atoms with Crippen LogP contribution in [-0.2, 0) is 26.1 Å². The molecule has 0 amide bonds. The number of aromatic nitrogens is 4. The summed E-state index contributed by atoms with van der Waals surface area (Å²) in [6.07, 6.45) is 2.88. The largest absolute Gasteiger partial charge is 0.493 e. The molecule has 0 aliphatic carbocycles. The lowest BCUT2D eigenvalue weighted by Crippen LogP contribution is -2.25. The van der Waals surface area contributed by atoms with E-state index < -0.39 is 6.67 Å². The quantitative estimate of drug-likeness (QED) is 0.285. The third kappa shape index (κ3) is 5.98. The van der Waals surface area contributed by atoms with Crippen LogP contribution >= 0.6 is 0 Å². The van der Waals surface area contributed by atoms with Crippen LogP contribution in [-0.4, -0.2) is 45.5 Å². The van der Waals surface area contributed by atoms with Gasteiger partial charge in [-0.1, -0.05) is 32.9 Å². The molecule has 0 saturated heterocycles. The lowest BCUT2D eigenvalue weighted by molar-refractivity contribution is 0.220. The van der Waals surface area contributed by atoms with Gasteiger partial charge in [0, 0.05) is 11.4 Å². The van der Waals surface area contributed by atoms with Gasteiger partial charge in [-0.25, -0.2) is 19.3 Å². The van der Waals surface area contributed by atoms with Crippen molar-refractivity contribution in [3.63, 3.8) is 0 Å². The minimum Gasteiger partial charge on any atom is -0.493 e. The van der Waals surface area contributed by atoms with Gasteiger partial charge < -0.3 is 14.6 Å². The van der Waals surface area contributed by atoms with Crippen LogP contribution in [0.5, 0.6) is 5.75 Å². The zero-order valence-corrected chi connectivity index (χ0v) is 24.0. The number of ether oxygens (including phenoxy) is 1. The van der Waals surface area contributed by atoms with Crippen molar-refractivity contribution in [3.8, 4) is 16.9 Å². The molecule has 206 valence electrons. The Morgan fingerprint density at radius 2 is 1.85 bits per heavy atom. The molecular formula is C32H40FN5O. The van der Waals surface area contributed by atoms with Gasteiger partial charge in [-0.05, 0) is 105 Å². The van der Waals surface area contributed by atoms with Crippen molar-refractivity contribution >= 4 is 11.0 Å². The second-order valence-corrected chi connectivity index (χ2v) is 11.6. The summed E-state index contributed by atoms with van der Waals surface area (Å²) in [5.74, 6) is 3.54. The van der Waals surface area contributed by atoms with E-state index in [1.54, 1.807) is 0 Å². The maximum atomic E-state index is 13.1. The van der Waals surface area contributed by atoms with Crippen LogP contribution < -0.4 is 4.74 Å². The number of nitrogens with one attached hydrogen (secondary N) is 1. The van der Waals surface area contributed by atoms with Gasteiger partial charge in [-0.2, -0.15) is 0 Å². The third-order valence-corrected chi connectivity index (χ3v) is 7.90. The molecule has 2 unspecified atom stereocenters. The fraction of sp³-hybridized carbons (Fsp3) is 0.469. The van der Waals surface area contributed by atoms with E-state index in [1.165, 1.54) is 16.8 Å². The highest BCUT2D eigenvalue weighted by atomic mass is 19.1. The Morgan fingerprint density at radius 1 is 1.08 bits per heavy atom. The van der Waals surface area contributed by atoms with Gasteiger partial charge in [0.15, 0.2) is 0 Å². The summed E-state index contributed by atoms with van der Waals surface area (Å²) >= 11 is 0. The summed E-state index contributed by atoms with van der Waals surface area (Å²) in [6, 6.07) is 12.5. The molecule has 2 aromatic heterocycles. The topological polar surface area (TPSA) is 66.9 Å². The minimum absolute atomic E-state index is 0.363. The number of benzene rings is 2. The van der Waals surface area contributed by atoms with Crippen LogP contribution in [0.4, 0.5) is 4.39 Å². The van der Waals surface area contributed by atoms with Gasteiger partial charge in [0.05, 0.1) is 24.2 Å². The van der Waals surface area contributed by atoms with Crippen molar-refractivity contribution < 1.29 is 9.13 Å². The minimum atomic E-state index is -0.594. The van der Waals surface area contributed by atoms with Crippen molar-refractivity contribution in [2.45, 2.75) is 66.1 Å². The molecule has 0 fully saturated rings. The maximum Gasteiger partial charge on any atom is 0.147 e. The van der Waals surface area contributed by atoms with Crippen LogP contribution in [0.3, 0.4) is 0 Å². The van der Waals surface area contributed by atoms with E-state index in [1.807, 2.05) is 6.07 Å². The van der Waals surface area contributed by atoms with Gasteiger partial charge in [0.25, 0.3) is 0 Å². The standard InChI is InChI=1S/C32H40FN5O/c1-19(2)32-21(4)34-31(18-38(5)6)37-28(32)15-22-11-12-39-29-10-8-23(14-25(29)13-20(22)3)24-7-9-26-27(16-24)36-30(17-33)35-26/h7-10,14,16,19-20,22H,11-13,15,17-18H2,1-6H3,(H,35,36). The van der Waals surface area contributed by atoms with Crippen molar-refractivity contribution in [1.82, 2.24) is 24.8 Å². The molecule has 3 heterocycles. The Balaban J connectivity index is 1.41.